The molecule has 0 atom stereocenters. The van der Waals surface area contributed by atoms with Crippen molar-refractivity contribution in [1.29, 1.82) is 0 Å². The summed E-state index contributed by atoms with van der Waals surface area (Å²) in [4.78, 5) is 11.1. The normalized spacial score (nSPS) is 9.94. The number of carbonyl (C=O) groups excluding carboxylic acids is 1. The lowest BCUT2D eigenvalue weighted by molar-refractivity contribution is 0.111. The highest BCUT2D eigenvalue weighted by Crippen LogP contribution is 2.44. The molecular formula is C12H15ClO4. The molecule has 0 radical (unpaired) electrons. The maximum Gasteiger partial charge on any atom is 0.204 e. The van der Waals surface area contributed by atoms with Gasteiger partial charge in [-0.2, -0.15) is 0 Å². The molecule has 0 aliphatic heterocycles. The number of aldehydes is 1. The Labute approximate surface area is 105 Å². The van der Waals surface area contributed by atoms with Crippen LogP contribution in [-0.2, 0) is 5.88 Å². The van der Waals surface area contributed by atoms with Gasteiger partial charge in [0.2, 0.25) is 5.75 Å². The van der Waals surface area contributed by atoms with E-state index in [4.69, 9.17) is 25.8 Å². The summed E-state index contributed by atoms with van der Waals surface area (Å²) in [6.07, 6.45) is 0.728. The molecule has 5 heteroatoms. The fraction of sp³-hybridized carbons (Fsp3) is 0.417. The standard InChI is InChI=1S/C12H15ClO4/c1-7-8(5-13)10(15-2)12(17-4)11(16-3)9(7)6-14/h6H,5H2,1-4H3. The monoisotopic (exact) mass is 258 g/mol. The molecule has 0 bridgehead atoms. The van der Waals surface area contributed by atoms with Crippen molar-refractivity contribution in [1.82, 2.24) is 0 Å². The quantitative estimate of drug-likeness (QED) is 0.601. The molecule has 0 aromatic heterocycles. The number of methoxy groups -OCH3 is 3. The molecule has 0 unspecified atom stereocenters. The smallest absolute Gasteiger partial charge is 0.204 e. The molecule has 0 fully saturated rings. The number of halogens is 1. The summed E-state index contributed by atoms with van der Waals surface area (Å²) in [5, 5.41) is 0. The first-order valence-electron chi connectivity index (χ1n) is 4.98. The maximum atomic E-state index is 11.1. The van der Waals surface area contributed by atoms with Crippen LogP contribution in [0.3, 0.4) is 0 Å². The first-order chi connectivity index (χ1) is 8.15. The molecule has 94 valence electrons. The van der Waals surface area contributed by atoms with Gasteiger partial charge in [0.05, 0.1) is 32.8 Å². The number of benzene rings is 1. The first-order valence-corrected chi connectivity index (χ1v) is 5.52. The number of rotatable bonds is 5. The van der Waals surface area contributed by atoms with Crippen molar-refractivity contribution >= 4 is 17.9 Å². The molecule has 0 saturated heterocycles. The minimum absolute atomic E-state index is 0.232. The van der Waals surface area contributed by atoms with Gasteiger partial charge in [-0.25, -0.2) is 0 Å². The number of hydrogen-bond donors (Lipinski definition) is 0. The van der Waals surface area contributed by atoms with Gasteiger partial charge in [-0.15, -0.1) is 11.6 Å². The average molecular weight is 259 g/mol. The highest BCUT2D eigenvalue weighted by Gasteiger charge is 2.23. The maximum absolute atomic E-state index is 11.1. The van der Waals surface area contributed by atoms with Crippen LogP contribution >= 0.6 is 11.6 Å². The summed E-state index contributed by atoms with van der Waals surface area (Å²) in [6.45, 7) is 1.80. The van der Waals surface area contributed by atoms with Crippen molar-refractivity contribution in [2.75, 3.05) is 21.3 Å². The van der Waals surface area contributed by atoms with Crippen LogP contribution in [0.5, 0.6) is 17.2 Å². The summed E-state index contributed by atoms with van der Waals surface area (Å²) < 4.78 is 15.7. The van der Waals surface area contributed by atoms with E-state index in [9.17, 15) is 4.79 Å². The van der Waals surface area contributed by atoms with Crippen molar-refractivity contribution in [3.63, 3.8) is 0 Å². The molecule has 1 aromatic carbocycles. The summed E-state index contributed by atoms with van der Waals surface area (Å²) in [5.74, 6) is 1.49. The van der Waals surface area contributed by atoms with Gasteiger partial charge in [-0.1, -0.05) is 0 Å². The van der Waals surface area contributed by atoms with Crippen LogP contribution in [0.1, 0.15) is 21.5 Å². The van der Waals surface area contributed by atoms with Gasteiger partial charge in [-0.3, -0.25) is 4.79 Å². The zero-order valence-electron chi connectivity index (χ0n) is 10.3. The molecule has 0 saturated carbocycles. The number of hydrogen-bond acceptors (Lipinski definition) is 4. The Bertz CT molecular complexity index is 429. The second-order valence-electron chi connectivity index (χ2n) is 3.37. The lowest BCUT2D eigenvalue weighted by atomic mass is 10.0. The summed E-state index contributed by atoms with van der Waals surface area (Å²) >= 11 is 5.88. The topological polar surface area (TPSA) is 44.8 Å². The lowest BCUT2D eigenvalue weighted by Crippen LogP contribution is -2.04. The predicted octanol–water partition coefficient (Wildman–Crippen LogP) is 2.57. The second-order valence-corrected chi connectivity index (χ2v) is 3.64. The zero-order valence-corrected chi connectivity index (χ0v) is 11.1. The van der Waals surface area contributed by atoms with Gasteiger partial charge in [0.15, 0.2) is 17.8 Å². The molecule has 1 aromatic rings. The van der Waals surface area contributed by atoms with E-state index in [1.54, 1.807) is 6.92 Å². The molecule has 4 nitrogen and oxygen atoms in total. The highest BCUT2D eigenvalue weighted by atomic mass is 35.5. The van der Waals surface area contributed by atoms with Crippen LogP contribution in [0.4, 0.5) is 0 Å². The third kappa shape index (κ3) is 2.17. The van der Waals surface area contributed by atoms with E-state index in [2.05, 4.69) is 0 Å². The highest BCUT2D eigenvalue weighted by molar-refractivity contribution is 6.17. The molecule has 0 amide bonds. The number of alkyl halides is 1. The fourth-order valence-electron chi connectivity index (χ4n) is 1.77. The van der Waals surface area contributed by atoms with Crippen molar-refractivity contribution in [3.05, 3.63) is 16.7 Å². The summed E-state index contributed by atoms with van der Waals surface area (Å²) in [5.41, 5.74) is 1.90. The van der Waals surface area contributed by atoms with Gasteiger partial charge in [0.1, 0.15) is 0 Å². The fourth-order valence-corrected chi connectivity index (χ4v) is 2.09. The summed E-state index contributed by atoms with van der Waals surface area (Å²) in [7, 11) is 4.49. The van der Waals surface area contributed by atoms with Gasteiger partial charge >= 0.3 is 0 Å². The van der Waals surface area contributed by atoms with Crippen molar-refractivity contribution in [2.45, 2.75) is 12.8 Å². The molecule has 0 N–H and O–H groups in total. The van der Waals surface area contributed by atoms with E-state index in [1.807, 2.05) is 0 Å². The Kier molecular flexibility index (Phi) is 4.63. The van der Waals surface area contributed by atoms with Gasteiger partial charge < -0.3 is 14.2 Å². The minimum Gasteiger partial charge on any atom is -0.492 e. The van der Waals surface area contributed by atoms with Crippen molar-refractivity contribution < 1.29 is 19.0 Å². The van der Waals surface area contributed by atoms with Crippen LogP contribution < -0.4 is 14.2 Å². The molecule has 0 aliphatic rings. The molecule has 0 spiro atoms. The van der Waals surface area contributed by atoms with E-state index in [1.165, 1.54) is 21.3 Å². The van der Waals surface area contributed by atoms with E-state index in [0.717, 1.165) is 17.4 Å². The molecule has 0 aliphatic carbocycles. The van der Waals surface area contributed by atoms with Crippen LogP contribution in [0.25, 0.3) is 0 Å². The van der Waals surface area contributed by atoms with E-state index in [-0.39, 0.29) is 5.88 Å². The van der Waals surface area contributed by atoms with Crippen LogP contribution in [0.2, 0.25) is 0 Å². The third-order valence-corrected chi connectivity index (χ3v) is 2.92. The van der Waals surface area contributed by atoms with Gasteiger partial charge in [0, 0.05) is 5.56 Å². The van der Waals surface area contributed by atoms with Gasteiger partial charge in [0.25, 0.3) is 0 Å². The van der Waals surface area contributed by atoms with Crippen LogP contribution in [0, 0.1) is 6.92 Å². The second kappa shape index (κ2) is 5.77. The first kappa shape index (κ1) is 13.6. The van der Waals surface area contributed by atoms with E-state index in [0.29, 0.717) is 22.8 Å². The Morgan fingerprint density at radius 2 is 1.59 bits per heavy atom. The van der Waals surface area contributed by atoms with Gasteiger partial charge in [-0.05, 0) is 12.5 Å². The Balaban J connectivity index is 3.72. The van der Waals surface area contributed by atoms with E-state index >= 15 is 0 Å². The Morgan fingerprint density at radius 3 is 1.94 bits per heavy atom. The number of ether oxygens (including phenoxy) is 3. The van der Waals surface area contributed by atoms with Crippen LogP contribution in [0.15, 0.2) is 0 Å². The number of carbonyl (C=O) groups is 1. The van der Waals surface area contributed by atoms with Crippen molar-refractivity contribution in [3.8, 4) is 17.2 Å². The minimum atomic E-state index is 0.232. The zero-order chi connectivity index (χ0) is 13.0. The van der Waals surface area contributed by atoms with Crippen LogP contribution in [-0.4, -0.2) is 27.6 Å². The third-order valence-electron chi connectivity index (χ3n) is 2.65. The molecule has 17 heavy (non-hydrogen) atoms. The Hall–Kier alpha value is -1.42. The molecule has 1 rings (SSSR count). The lowest BCUT2D eigenvalue weighted by Gasteiger charge is -2.19. The largest absolute Gasteiger partial charge is 0.492 e. The Morgan fingerprint density at radius 1 is 1.06 bits per heavy atom. The predicted molar refractivity (Wildman–Crippen MR) is 65.8 cm³/mol. The SMILES string of the molecule is COc1c(C=O)c(C)c(CCl)c(OC)c1OC. The van der Waals surface area contributed by atoms with E-state index < -0.39 is 0 Å². The molecular weight excluding hydrogens is 244 g/mol. The van der Waals surface area contributed by atoms with Crippen molar-refractivity contribution in [2.24, 2.45) is 0 Å². The molecule has 0 heterocycles. The summed E-state index contributed by atoms with van der Waals surface area (Å²) in [6, 6.07) is 0. The average Bonchev–Trinajstić information content (AvgIpc) is 2.36.